The first-order chi connectivity index (χ1) is 11.6. The molecule has 1 amide bonds. The number of para-hydroxylation sites is 1. The Morgan fingerprint density at radius 1 is 0.917 bits per heavy atom. The second-order valence-corrected chi connectivity index (χ2v) is 5.88. The van der Waals surface area contributed by atoms with Gasteiger partial charge in [0.2, 0.25) is 0 Å². The van der Waals surface area contributed by atoms with Gasteiger partial charge >= 0.3 is 0 Å². The molecule has 0 unspecified atom stereocenters. The van der Waals surface area contributed by atoms with Gasteiger partial charge in [0.1, 0.15) is 0 Å². The van der Waals surface area contributed by atoms with Gasteiger partial charge in [0.15, 0.2) is 0 Å². The lowest BCUT2D eigenvalue weighted by Gasteiger charge is -2.10. The molecule has 0 fully saturated rings. The normalized spacial score (nSPS) is 10.2. The fraction of sp³-hybridized carbons (Fsp3) is 0. The molecular weight excluding hydrogens is 345 g/mol. The molecule has 0 aliphatic carbocycles. The molecule has 120 valence electrons. The summed E-state index contributed by atoms with van der Waals surface area (Å²) in [6.45, 7) is 0. The molecule has 24 heavy (non-hydrogen) atoms. The smallest absolute Gasteiger partial charge is 0.257 e. The Balaban J connectivity index is 1.77. The molecule has 1 heterocycles. The molecule has 6 heteroatoms. The van der Waals surface area contributed by atoms with Gasteiger partial charge < -0.3 is 10.6 Å². The molecule has 1 aromatic heterocycles. The van der Waals surface area contributed by atoms with Crippen molar-refractivity contribution in [1.82, 2.24) is 4.98 Å². The summed E-state index contributed by atoms with van der Waals surface area (Å²) in [4.78, 5) is 16.4. The minimum Gasteiger partial charge on any atom is -0.353 e. The Morgan fingerprint density at radius 3 is 2.54 bits per heavy atom. The highest BCUT2D eigenvalue weighted by Crippen LogP contribution is 2.25. The summed E-state index contributed by atoms with van der Waals surface area (Å²) in [5, 5.41) is 7.07. The second-order valence-electron chi connectivity index (χ2n) is 5.03. The van der Waals surface area contributed by atoms with Crippen LogP contribution in [-0.4, -0.2) is 10.9 Å². The van der Waals surface area contributed by atoms with Crippen LogP contribution in [0, 0.1) is 0 Å². The van der Waals surface area contributed by atoms with Crippen molar-refractivity contribution in [1.29, 1.82) is 0 Å². The molecule has 2 N–H and O–H groups in total. The topological polar surface area (TPSA) is 54.0 Å². The number of carbonyl (C=O) groups excluding carboxylic acids is 1. The van der Waals surface area contributed by atoms with Crippen LogP contribution in [-0.2, 0) is 0 Å². The predicted molar refractivity (Wildman–Crippen MR) is 98.4 cm³/mol. The lowest BCUT2D eigenvalue weighted by molar-refractivity contribution is 0.102. The van der Waals surface area contributed by atoms with Crippen LogP contribution in [0.4, 0.5) is 17.1 Å². The summed E-state index contributed by atoms with van der Waals surface area (Å²) < 4.78 is 0. The van der Waals surface area contributed by atoms with Gasteiger partial charge in [-0.3, -0.25) is 9.78 Å². The van der Waals surface area contributed by atoms with E-state index in [1.807, 2.05) is 18.2 Å². The molecule has 0 saturated carbocycles. The maximum Gasteiger partial charge on any atom is 0.257 e. The van der Waals surface area contributed by atoms with Crippen molar-refractivity contribution in [2.45, 2.75) is 0 Å². The van der Waals surface area contributed by atoms with Crippen molar-refractivity contribution in [3.05, 3.63) is 82.6 Å². The molecule has 0 aliphatic heterocycles. The number of anilines is 3. The molecule has 0 bridgehead atoms. The standard InChI is InChI=1S/C18H13Cl2N3O/c19-13-4-3-5-14(9-13)23-18(24)12-8-15(11-21-10-12)22-17-7-2-1-6-16(17)20/h1-11,22H,(H,23,24). The molecule has 0 aliphatic rings. The minimum atomic E-state index is -0.271. The number of carbonyl (C=O) groups is 1. The number of nitrogens with one attached hydrogen (secondary N) is 2. The number of nitrogens with zero attached hydrogens (tertiary/aromatic N) is 1. The van der Waals surface area contributed by atoms with E-state index >= 15 is 0 Å². The molecular formula is C18H13Cl2N3O. The summed E-state index contributed by atoms with van der Waals surface area (Å²) in [5.41, 5.74) is 2.46. The third-order valence-corrected chi connectivity index (χ3v) is 3.80. The molecule has 0 atom stereocenters. The van der Waals surface area contributed by atoms with E-state index in [0.29, 0.717) is 27.0 Å². The van der Waals surface area contributed by atoms with Crippen LogP contribution in [0.3, 0.4) is 0 Å². The average Bonchev–Trinajstić information content (AvgIpc) is 2.57. The number of benzene rings is 2. The van der Waals surface area contributed by atoms with Crippen LogP contribution in [0.2, 0.25) is 10.0 Å². The van der Waals surface area contributed by atoms with Crippen molar-refractivity contribution < 1.29 is 4.79 Å². The summed E-state index contributed by atoms with van der Waals surface area (Å²) in [6, 6.07) is 16.0. The zero-order valence-electron chi connectivity index (χ0n) is 12.5. The average molecular weight is 358 g/mol. The van der Waals surface area contributed by atoms with Gasteiger partial charge in [0.05, 0.1) is 28.2 Å². The Hall–Kier alpha value is -2.56. The van der Waals surface area contributed by atoms with Crippen LogP contribution in [0.1, 0.15) is 10.4 Å². The zero-order chi connectivity index (χ0) is 16.9. The van der Waals surface area contributed by atoms with Crippen LogP contribution in [0.5, 0.6) is 0 Å². The number of pyridine rings is 1. The lowest BCUT2D eigenvalue weighted by atomic mass is 10.2. The Bertz CT molecular complexity index is 883. The van der Waals surface area contributed by atoms with E-state index in [9.17, 15) is 4.79 Å². The van der Waals surface area contributed by atoms with E-state index in [0.717, 1.165) is 5.69 Å². The van der Waals surface area contributed by atoms with Crippen LogP contribution < -0.4 is 10.6 Å². The molecule has 0 saturated heterocycles. The van der Waals surface area contributed by atoms with Gasteiger partial charge in [0, 0.05) is 16.9 Å². The largest absolute Gasteiger partial charge is 0.353 e. The summed E-state index contributed by atoms with van der Waals surface area (Å²) in [7, 11) is 0. The van der Waals surface area contributed by atoms with Crippen molar-refractivity contribution in [3.63, 3.8) is 0 Å². The third-order valence-electron chi connectivity index (χ3n) is 3.24. The Labute approximate surface area is 149 Å². The first kappa shape index (κ1) is 16.3. The highest BCUT2D eigenvalue weighted by molar-refractivity contribution is 6.33. The van der Waals surface area contributed by atoms with Gasteiger partial charge in [-0.2, -0.15) is 0 Å². The molecule has 2 aromatic carbocycles. The predicted octanol–water partition coefficient (Wildman–Crippen LogP) is 5.38. The summed E-state index contributed by atoms with van der Waals surface area (Å²) in [5.74, 6) is -0.271. The van der Waals surface area contributed by atoms with Gasteiger partial charge in [-0.15, -0.1) is 0 Å². The fourth-order valence-corrected chi connectivity index (χ4v) is 2.49. The lowest BCUT2D eigenvalue weighted by Crippen LogP contribution is -2.12. The highest BCUT2D eigenvalue weighted by Gasteiger charge is 2.09. The van der Waals surface area contributed by atoms with E-state index < -0.39 is 0 Å². The monoisotopic (exact) mass is 357 g/mol. The quantitative estimate of drug-likeness (QED) is 0.658. The van der Waals surface area contributed by atoms with Crippen molar-refractivity contribution in [3.8, 4) is 0 Å². The van der Waals surface area contributed by atoms with Gasteiger partial charge in [0.25, 0.3) is 5.91 Å². The molecule has 0 spiro atoms. The van der Waals surface area contributed by atoms with E-state index in [1.54, 1.807) is 42.6 Å². The van der Waals surface area contributed by atoms with Crippen molar-refractivity contribution in [2.75, 3.05) is 10.6 Å². The molecule has 4 nitrogen and oxygen atoms in total. The van der Waals surface area contributed by atoms with Crippen LogP contribution >= 0.6 is 23.2 Å². The zero-order valence-corrected chi connectivity index (χ0v) is 14.0. The second kappa shape index (κ2) is 7.34. The molecule has 0 radical (unpaired) electrons. The van der Waals surface area contributed by atoms with E-state index in [-0.39, 0.29) is 5.91 Å². The number of halogens is 2. The van der Waals surface area contributed by atoms with Crippen molar-refractivity contribution in [2.24, 2.45) is 0 Å². The van der Waals surface area contributed by atoms with Gasteiger partial charge in [-0.05, 0) is 36.4 Å². The number of rotatable bonds is 4. The van der Waals surface area contributed by atoms with E-state index in [1.165, 1.54) is 6.20 Å². The summed E-state index contributed by atoms with van der Waals surface area (Å²) in [6.07, 6.45) is 3.12. The molecule has 3 aromatic rings. The Kier molecular flexibility index (Phi) is 4.99. The SMILES string of the molecule is O=C(Nc1cccc(Cl)c1)c1cncc(Nc2ccccc2Cl)c1. The highest BCUT2D eigenvalue weighted by atomic mass is 35.5. The van der Waals surface area contributed by atoms with Crippen LogP contribution in [0.15, 0.2) is 67.0 Å². The third kappa shape index (κ3) is 4.04. The number of hydrogen-bond acceptors (Lipinski definition) is 3. The minimum absolute atomic E-state index is 0.271. The molecule has 3 rings (SSSR count). The number of amides is 1. The van der Waals surface area contributed by atoms with Crippen LogP contribution in [0.25, 0.3) is 0 Å². The first-order valence-electron chi connectivity index (χ1n) is 7.15. The Morgan fingerprint density at radius 2 is 1.75 bits per heavy atom. The van der Waals surface area contributed by atoms with Gasteiger partial charge in [-0.25, -0.2) is 0 Å². The fourth-order valence-electron chi connectivity index (χ4n) is 2.12. The number of hydrogen-bond donors (Lipinski definition) is 2. The first-order valence-corrected chi connectivity index (χ1v) is 7.91. The van der Waals surface area contributed by atoms with E-state index in [2.05, 4.69) is 15.6 Å². The van der Waals surface area contributed by atoms with Crippen molar-refractivity contribution >= 4 is 46.2 Å². The van der Waals surface area contributed by atoms with Gasteiger partial charge in [-0.1, -0.05) is 41.4 Å². The van der Waals surface area contributed by atoms with E-state index in [4.69, 9.17) is 23.2 Å². The number of aromatic nitrogens is 1. The summed E-state index contributed by atoms with van der Waals surface area (Å²) >= 11 is 12.0. The maximum absolute atomic E-state index is 12.3. The maximum atomic E-state index is 12.3.